The van der Waals surface area contributed by atoms with Crippen LogP contribution in [0.3, 0.4) is 0 Å². The summed E-state index contributed by atoms with van der Waals surface area (Å²) >= 11 is 2.28. The maximum absolute atomic E-state index is 13.4. The minimum absolute atomic E-state index is 0.164. The number of hydrogen-bond acceptors (Lipinski definition) is 1. The summed E-state index contributed by atoms with van der Waals surface area (Å²) in [4.78, 5) is 0. The highest BCUT2D eigenvalue weighted by atomic mass is 127. The van der Waals surface area contributed by atoms with E-state index < -0.39 is 0 Å². The van der Waals surface area contributed by atoms with Gasteiger partial charge in [-0.2, -0.15) is 0 Å². The van der Waals surface area contributed by atoms with Crippen molar-refractivity contribution in [2.24, 2.45) is 0 Å². The summed E-state index contributed by atoms with van der Waals surface area (Å²) in [6.45, 7) is 2.56. The van der Waals surface area contributed by atoms with Gasteiger partial charge < -0.3 is 5.32 Å². The van der Waals surface area contributed by atoms with Crippen LogP contribution in [0.25, 0.3) is 0 Å². The van der Waals surface area contributed by atoms with E-state index in [0.717, 1.165) is 5.69 Å². The van der Waals surface area contributed by atoms with Gasteiger partial charge >= 0.3 is 0 Å². The molecule has 0 aliphatic heterocycles. The monoisotopic (exact) mass is 341 g/mol. The van der Waals surface area contributed by atoms with Crippen molar-refractivity contribution in [3.63, 3.8) is 0 Å². The maximum atomic E-state index is 13.4. The Bertz CT molecular complexity index is 525. The van der Waals surface area contributed by atoms with Crippen molar-refractivity contribution in [1.29, 1.82) is 0 Å². The molecule has 0 heterocycles. The number of rotatable bonds is 3. The summed E-state index contributed by atoms with van der Waals surface area (Å²) in [5.74, 6) is -0.164. The predicted octanol–water partition coefficient (Wildman–Crippen LogP) is 4.35. The van der Waals surface area contributed by atoms with Gasteiger partial charge in [-0.1, -0.05) is 18.2 Å². The van der Waals surface area contributed by atoms with Crippen molar-refractivity contribution in [1.82, 2.24) is 0 Å². The molecule has 0 unspecified atom stereocenters. The van der Waals surface area contributed by atoms with E-state index in [0.29, 0.717) is 12.1 Å². The van der Waals surface area contributed by atoms with Crippen LogP contribution >= 0.6 is 22.6 Å². The highest BCUT2D eigenvalue weighted by Gasteiger charge is 2.02. The molecule has 0 atom stereocenters. The zero-order valence-corrected chi connectivity index (χ0v) is 11.7. The van der Waals surface area contributed by atoms with Crippen LogP contribution < -0.4 is 5.32 Å². The Morgan fingerprint density at radius 1 is 1.18 bits per heavy atom. The van der Waals surface area contributed by atoms with Gasteiger partial charge in [0, 0.05) is 21.4 Å². The van der Waals surface area contributed by atoms with E-state index in [4.69, 9.17) is 0 Å². The zero-order chi connectivity index (χ0) is 12.3. The summed E-state index contributed by atoms with van der Waals surface area (Å²) in [7, 11) is 0. The molecule has 1 N–H and O–H groups in total. The SMILES string of the molecule is Cc1cc(I)ccc1NCc1ccccc1F. The average Bonchev–Trinajstić information content (AvgIpc) is 2.30. The largest absolute Gasteiger partial charge is 0.381 e. The number of halogens is 2. The molecular weight excluding hydrogens is 328 g/mol. The molecule has 0 saturated carbocycles. The first-order valence-electron chi connectivity index (χ1n) is 5.40. The summed E-state index contributed by atoms with van der Waals surface area (Å²) in [6.07, 6.45) is 0. The van der Waals surface area contributed by atoms with Crippen LogP contribution in [0.1, 0.15) is 11.1 Å². The minimum Gasteiger partial charge on any atom is -0.381 e. The first-order valence-corrected chi connectivity index (χ1v) is 6.48. The molecule has 0 radical (unpaired) electrons. The van der Waals surface area contributed by atoms with Crippen LogP contribution in [0, 0.1) is 16.3 Å². The van der Waals surface area contributed by atoms with Gasteiger partial charge in [-0.3, -0.25) is 0 Å². The Morgan fingerprint density at radius 3 is 2.65 bits per heavy atom. The molecule has 0 saturated heterocycles. The Balaban J connectivity index is 2.10. The fourth-order valence-electron chi connectivity index (χ4n) is 1.66. The van der Waals surface area contributed by atoms with E-state index in [1.54, 1.807) is 12.1 Å². The average molecular weight is 341 g/mol. The van der Waals surface area contributed by atoms with Crippen molar-refractivity contribution in [2.75, 3.05) is 5.32 Å². The van der Waals surface area contributed by atoms with Gasteiger partial charge in [0.25, 0.3) is 0 Å². The number of hydrogen-bond donors (Lipinski definition) is 1. The Kier molecular flexibility index (Phi) is 3.99. The summed E-state index contributed by atoms with van der Waals surface area (Å²) in [6, 6.07) is 13.0. The Morgan fingerprint density at radius 2 is 1.94 bits per heavy atom. The fraction of sp³-hybridized carbons (Fsp3) is 0.143. The second-order valence-corrected chi connectivity index (χ2v) is 5.15. The van der Waals surface area contributed by atoms with E-state index in [1.165, 1.54) is 15.2 Å². The minimum atomic E-state index is -0.164. The smallest absolute Gasteiger partial charge is 0.128 e. The van der Waals surface area contributed by atoms with E-state index >= 15 is 0 Å². The van der Waals surface area contributed by atoms with Gasteiger partial charge in [0.05, 0.1) is 0 Å². The second-order valence-electron chi connectivity index (χ2n) is 3.90. The lowest BCUT2D eigenvalue weighted by Gasteiger charge is -2.10. The first kappa shape index (κ1) is 12.4. The molecule has 0 bridgehead atoms. The molecule has 0 aliphatic rings. The standard InChI is InChI=1S/C14H13FIN/c1-10-8-12(16)6-7-14(10)17-9-11-4-2-3-5-13(11)15/h2-8,17H,9H2,1H3. The van der Waals surface area contributed by atoms with Crippen molar-refractivity contribution in [2.45, 2.75) is 13.5 Å². The van der Waals surface area contributed by atoms with Crippen LogP contribution in [-0.2, 0) is 6.54 Å². The van der Waals surface area contributed by atoms with Gasteiger partial charge in [-0.15, -0.1) is 0 Å². The van der Waals surface area contributed by atoms with E-state index in [9.17, 15) is 4.39 Å². The molecule has 3 heteroatoms. The second kappa shape index (κ2) is 5.49. The van der Waals surface area contributed by atoms with E-state index in [-0.39, 0.29) is 5.82 Å². The van der Waals surface area contributed by atoms with Crippen LogP contribution in [0.5, 0.6) is 0 Å². The quantitative estimate of drug-likeness (QED) is 0.819. The normalized spacial score (nSPS) is 10.3. The number of aryl methyl sites for hydroxylation is 1. The lowest BCUT2D eigenvalue weighted by atomic mass is 10.1. The molecule has 2 aromatic rings. The Hall–Kier alpha value is -1.10. The molecule has 0 amide bonds. The van der Waals surface area contributed by atoms with Crippen molar-refractivity contribution in [3.05, 3.63) is 63.0 Å². The zero-order valence-electron chi connectivity index (χ0n) is 9.50. The Labute approximate surface area is 114 Å². The van der Waals surface area contributed by atoms with Crippen LogP contribution in [0.4, 0.5) is 10.1 Å². The maximum Gasteiger partial charge on any atom is 0.128 e. The van der Waals surface area contributed by atoms with Crippen molar-refractivity contribution >= 4 is 28.3 Å². The van der Waals surface area contributed by atoms with Gasteiger partial charge in [0.15, 0.2) is 0 Å². The third kappa shape index (κ3) is 3.19. The topological polar surface area (TPSA) is 12.0 Å². The molecule has 17 heavy (non-hydrogen) atoms. The predicted molar refractivity (Wildman–Crippen MR) is 77.6 cm³/mol. The van der Waals surface area contributed by atoms with Gasteiger partial charge in [0.2, 0.25) is 0 Å². The van der Waals surface area contributed by atoms with Crippen LogP contribution in [0.15, 0.2) is 42.5 Å². The first-order chi connectivity index (χ1) is 8.16. The summed E-state index contributed by atoms with van der Waals surface area (Å²) in [5, 5.41) is 3.25. The third-order valence-corrected chi connectivity index (χ3v) is 3.29. The fourth-order valence-corrected chi connectivity index (χ4v) is 2.30. The highest BCUT2D eigenvalue weighted by molar-refractivity contribution is 14.1. The molecular formula is C14H13FIN. The number of anilines is 1. The molecule has 0 aromatic heterocycles. The lowest BCUT2D eigenvalue weighted by Crippen LogP contribution is -2.03. The van der Waals surface area contributed by atoms with Gasteiger partial charge in [0.1, 0.15) is 5.82 Å². The van der Waals surface area contributed by atoms with Gasteiger partial charge in [-0.25, -0.2) is 4.39 Å². The summed E-state index contributed by atoms with van der Waals surface area (Å²) in [5.41, 5.74) is 2.91. The number of nitrogens with one attached hydrogen (secondary N) is 1. The summed E-state index contributed by atoms with van der Waals surface area (Å²) < 4.78 is 14.6. The van der Waals surface area contributed by atoms with Crippen LogP contribution in [0.2, 0.25) is 0 Å². The molecule has 1 nitrogen and oxygen atoms in total. The van der Waals surface area contributed by atoms with Gasteiger partial charge in [-0.05, 0) is 59.3 Å². The van der Waals surface area contributed by atoms with E-state index in [2.05, 4.69) is 34.0 Å². The molecule has 0 fully saturated rings. The molecule has 0 aliphatic carbocycles. The molecule has 0 spiro atoms. The van der Waals surface area contributed by atoms with E-state index in [1.807, 2.05) is 25.1 Å². The number of benzene rings is 2. The third-order valence-electron chi connectivity index (χ3n) is 2.62. The van der Waals surface area contributed by atoms with Crippen molar-refractivity contribution < 1.29 is 4.39 Å². The molecule has 2 aromatic carbocycles. The molecule has 2 rings (SSSR count). The van der Waals surface area contributed by atoms with Crippen LogP contribution in [-0.4, -0.2) is 0 Å². The highest BCUT2D eigenvalue weighted by Crippen LogP contribution is 2.19. The molecule has 88 valence electrons. The van der Waals surface area contributed by atoms with Crippen molar-refractivity contribution in [3.8, 4) is 0 Å². The lowest BCUT2D eigenvalue weighted by molar-refractivity contribution is 0.613.